The number of hydrogen-bond donors (Lipinski definition) is 1. The molecule has 4 nitrogen and oxygen atoms in total. The highest BCUT2D eigenvalue weighted by atomic mass is 16.5. The molecule has 0 bridgehead atoms. The Kier molecular flexibility index (Phi) is 4.33. The first-order valence-corrected chi connectivity index (χ1v) is 7.22. The highest BCUT2D eigenvalue weighted by molar-refractivity contribution is 5.99. The van der Waals surface area contributed by atoms with Gasteiger partial charge < -0.3 is 15.4 Å². The second-order valence-electron chi connectivity index (χ2n) is 6.19. The number of nitrogens with two attached hydrogens (primary N) is 1. The highest BCUT2D eigenvalue weighted by Crippen LogP contribution is 2.34. The predicted molar refractivity (Wildman–Crippen MR) is 81.0 cm³/mol. The van der Waals surface area contributed by atoms with Crippen molar-refractivity contribution >= 4 is 11.6 Å². The molecule has 110 valence electrons. The van der Waals surface area contributed by atoms with E-state index in [1.807, 2.05) is 29.2 Å². The quantitative estimate of drug-likeness (QED) is 0.899. The van der Waals surface area contributed by atoms with Crippen molar-refractivity contribution in [2.75, 3.05) is 18.0 Å². The number of ether oxygens (including phenoxy) is 1. The van der Waals surface area contributed by atoms with Gasteiger partial charge in [0.05, 0.1) is 5.69 Å². The van der Waals surface area contributed by atoms with Crippen LogP contribution in [-0.4, -0.2) is 25.1 Å². The van der Waals surface area contributed by atoms with Crippen LogP contribution in [0.3, 0.4) is 0 Å². The molecule has 1 unspecified atom stereocenters. The van der Waals surface area contributed by atoms with Crippen molar-refractivity contribution < 1.29 is 9.53 Å². The minimum absolute atomic E-state index is 0.0363. The molecule has 1 aliphatic heterocycles. The number of benzene rings is 1. The van der Waals surface area contributed by atoms with Crippen molar-refractivity contribution in [3.05, 3.63) is 24.3 Å². The number of anilines is 1. The van der Waals surface area contributed by atoms with Crippen LogP contribution in [-0.2, 0) is 4.79 Å². The van der Waals surface area contributed by atoms with E-state index in [0.717, 1.165) is 24.3 Å². The second-order valence-corrected chi connectivity index (χ2v) is 6.19. The molecular formula is C16H24N2O2. The molecule has 0 fully saturated rings. The van der Waals surface area contributed by atoms with Crippen LogP contribution in [0.5, 0.6) is 5.75 Å². The van der Waals surface area contributed by atoms with Gasteiger partial charge in [-0.05, 0) is 43.9 Å². The normalized spacial score (nSPS) is 18.7. The van der Waals surface area contributed by atoms with Crippen LogP contribution in [0.1, 0.15) is 33.6 Å². The minimum Gasteiger partial charge on any atom is -0.479 e. The molecule has 1 aliphatic rings. The van der Waals surface area contributed by atoms with Crippen molar-refractivity contribution in [1.82, 2.24) is 0 Å². The molecule has 1 heterocycles. The SMILES string of the molecule is CC1Oc2ccccc2N(CCCC(C)(C)CN)C1=O. The standard InChI is InChI=1S/C16H24N2O2/c1-12-15(19)18(10-6-9-16(2,3)11-17)13-7-4-5-8-14(13)20-12/h4-5,7-8,12H,6,9-11,17H2,1-3H3. The zero-order valence-corrected chi connectivity index (χ0v) is 12.6. The van der Waals surface area contributed by atoms with Gasteiger partial charge in [0.15, 0.2) is 6.10 Å². The van der Waals surface area contributed by atoms with E-state index in [0.29, 0.717) is 13.1 Å². The van der Waals surface area contributed by atoms with Crippen LogP contribution in [0, 0.1) is 5.41 Å². The fraction of sp³-hybridized carbons (Fsp3) is 0.562. The first-order valence-electron chi connectivity index (χ1n) is 7.22. The van der Waals surface area contributed by atoms with Crippen LogP contribution >= 0.6 is 0 Å². The lowest BCUT2D eigenvalue weighted by molar-refractivity contribution is -0.125. The Morgan fingerprint density at radius 2 is 2.05 bits per heavy atom. The van der Waals surface area contributed by atoms with E-state index < -0.39 is 6.10 Å². The Labute approximate surface area is 120 Å². The third-order valence-corrected chi connectivity index (χ3v) is 3.86. The Morgan fingerprint density at radius 1 is 1.35 bits per heavy atom. The number of amides is 1. The summed E-state index contributed by atoms with van der Waals surface area (Å²) in [5, 5.41) is 0. The van der Waals surface area contributed by atoms with E-state index in [-0.39, 0.29) is 11.3 Å². The van der Waals surface area contributed by atoms with E-state index in [2.05, 4.69) is 13.8 Å². The summed E-state index contributed by atoms with van der Waals surface area (Å²) in [6, 6.07) is 7.71. The van der Waals surface area contributed by atoms with Gasteiger partial charge in [-0.2, -0.15) is 0 Å². The molecule has 2 rings (SSSR count). The van der Waals surface area contributed by atoms with Gasteiger partial charge in [0.2, 0.25) is 0 Å². The van der Waals surface area contributed by atoms with Gasteiger partial charge in [0, 0.05) is 6.54 Å². The second kappa shape index (κ2) is 5.83. The molecule has 1 amide bonds. The molecule has 4 heteroatoms. The topological polar surface area (TPSA) is 55.6 Å². The van der Waals surface area contributed by atoms with Crippen molar-refractivity contribution in [2.24, 2.45) is 11.1 Å². The molecule has 1 atom stereocenters. The lowest BCUT2D eigenvalue weighted by Crippen LogP contribution is -2.45. The van der Waals surface area contributed by atoms with Crippen LogP contribution < -0.4 is 15.4 Å². The molecule has 0 saturated heterocycles. The maximum Gasteiger partial charge on any atom is 0.267 e. The molecule has 1 aromatic carbocycles. The molecular weight excluding hydrogens is 252 g/mol. The third-order valence-electron chi connectivity index (χ3n) is 3.86. The zero-order chi connectivity index (χ0) is 14.8. The van der Waals surface area contributed by atoms with E-state index >= 15 is 0 Å². The van der Waals surface area contributed by atoms with E-state index in [1.54, 1.807) is 6.92 Å². The highest BCUT2D eigenvalue weighted by Gasteiger charge is 2.31. The average Bonchev–Trinajstić information content (AvgIpc) is 2.43. The van der Waals surface area contributed by atoms with Crippen molar-refractivity contribution in [3.8, 4) is 5.75 Å². The minimum atomic E-state index is -0.410. The van der Waals surface area contributed by atoms with Crippen molar-refractivity contribution in [2.45, 2.75) is 39.7 Å². The summed E-state index contributed by atoms with van der Waals surface area (Å²) in [7, 11) is 0. The fourth-order valence-electron chi connectivity index (χ4n) is 2.41. The van der Waals surface area contributed by atoms with Gasteiger partial charge in [-0.3, -0.25) is 4.79 Å². The molecule has 0 aromatic heterocycles. The van der Waals surface area contributed by atoms with Crippen LogP contribution in [0.15, 0.2) is 24.3 Å². The first kappa shape index (κ1) is 14.9. The van der Waals surface area contributed by atoms with E-state index in [4.69, 9.17) is 10.5 Å². The summed E-state index contributed by atoms with van der Waals surface area (Å²) >= 11 is 0. The van der Waals surface area contributed by atoms with E-state index in [9.17, 15) is 4.79 Å². The number of carbonyl (C=O) groups is 1. The van der Waals surface area contributed by atoms with E-state index in [1.165, 1.54) is 0 Å². The smallest absolute Gasteiger partial charge is 0.267 e. The zero-order valence-electron chi connectivity index (χ0n) is 12.6. The number of para-hydroxylation sites is 2. The van der Waals surface area contributed by atoms with Gasteiger partial charge in [-0.1, -0.05) is 26.0 Å². The third kappa shape index (κ3) is 3.12. The molecule has 0 radical (unpaired) electrons. The lowest BCUT2D eigenvalue weighted by Gasteiger charge is -2.33. The van der Waals surface area contributed by atoms with Gasteiger partial charge >= 0.3 is 0 Å². The molecule has 0 aliphatic carbocycles. The van der Waals surface area contributed by atoms with Gasteiger partial charge in [-0.25, -0.2) is 0 Å². The summed E-state index contributed by atoms with van der Waals surface area (Å²) in [5.41, 5.74) is 6.75. The molecule has 2 N–H and O–H groups in total. The van der Waals surface area contributed by atoms with Crippen molar-refractivity contribution in [3.63, 3.8) is 0 Å². The monoisotopic (exact) mass is 276 g/mol. The number of fused-ring (bicyclic) bond motifs is 1. The van der Waals surface area contributed by atoms with Crippen molar-refractivity contribution in [1.29, 1.82) is 0 Å². The first-order chi connectivity index (χ1) is 9.44. The summed E-state index contributed by atoms with van der Waals surface area (Å²) in [6.07, 6.45) is 1.54. The molecule has 0 spiro atoms. The Morgan fingerprint density at radius 3 is 2.75 bits per heavy atom. The molecule has 20 heavy (non-hydrogen) atoms. The maximum absolute atomic E-state index is 12.3. The number of carbonyl (C=O) groups excluding carboxylic acids is 1. The maximum atomic E-state index is 12.3. The molecule has 0 saturated carbocycles. The number of rotatable bonds is 5. The largest absolute Gasteiger partial charge is 0.479 e. The predicted octanol–water partition coefficient (Wildman–Crippen LogP) is 2.57. The Hall–Kier alpha value is -1.55. The number of nitrogens with zero attached hydrogens (tertiary/aromatic N) is 1. The Bertz CT molecular complexity index is 485. The van der Waals surface area contributed by atoms with Gasteiger partial charge in [0.25, 0.3) is 5.91 Å². The Balaban J connectivity index is 2.08. The van der Waals surface area contributed by atoms with Gasteiger partial charge in [0.1, 0.15) is 5.75 Å². The lowest BCUT2D eigenvalue weighted by atomic mass is 9.88. The number of hydrogen-bond acceptors (Lipinski definition) is 3. The summed E-state index contributed by atoms with van der Waals surface area (Å²) in [5.74, 6) is 0.826. The summed E-state index contributed by atoms with van der Waals surface area (Å²) in [6.45, 7) is 7.49. The van der Waals surface area contributed by atoms with Crippen LogP contribution in [0.4, 0.5) is 5.69 Å². The molecule has 1 aromatic rings. The summed E-state index contributed by atoms with van der Waals surface area (Å²) in [4.78, 5) is 14.1. The van der Waals surface area contributed by atoms with Crippen LogP contribution in [0.2, 0.25) is 0 Å². The summed E-state index contributed by atoms with van der Waals surface area (Å²) < 4.78 is 5.63. The van der Waals surface area contributed by atoms with Gasteiger partial charge in [-0.15, -0.1) is 0 Å². The average molecular weight is 276 g/mol. The van der Waals surface area contributed by atoms with Crippen LogP contribution in [0.25, 0.3) is 0 Å². The fourth-order valence-corrected chi connectivity index (χ4v) is 2.41.